The summed E-state index contributed by atoms with van der Waals surface area (Å²) in [5.74, 6) is 1.06. The predicted molar refractivity (Wildman–Crippen MR) is 69.0 cm³/mol. The number of carbonyl (C=O) groups excluding carboxylic acids is 1. The summed E-state index contributed by atoms with van der Waals surface area (Å²) < 4.78 is 0. The van der Waals surface area contributed by atoms with Crippen molar-refractivity contribution in [2.45, 2.75) is 13.3 Å². The van der Waals surface area contributed by atoms with Gasteiger partial charge in [-0.2, -0.15) is 11.8 Å². The number of nitrogens with one attached hydrogen (secondary N) is 2. The molecular weight excluding hydrogens is 222 g/mol. The summed E-state index contributed by atoms with van der Waals surface area (Å²) in [6.07, 6.45) is 6.43. The van der Waals surface area contributed by atoms with Crippen LogP contribution < -0.4 is 10.6 Å². The Morgan fingerprint density at radius 2 is 2.38 bits per heavy atom. The Hall–Kier alpha value is -1.23. The summed E-state index contributed by atoms with van der Waals surface area (Å²) in [4.78, 5) is 15.4. The van der Waals surface area contributed by atoms with Gasteiger partial charge < -0.3 is 10.6 Å². The summed E-state index contributed by atoms with van der Waals surface area (Å²) in [7, 11) is 0. The van der Waals surface area contributed by atoms with Crippen LogP contribution in [0.2, 0.25) is 0 Å². The Morgan fingerprint density at radius 3 is 3.06 bits per heavy atom. The smallest absolute Gasteiger partial charge is 0.319 e. The van der Waals surface area contributed by atoms with Gasteiger partial charge in [0.05, 0.1) is 0 Å². The van der Waals surface area contributed by atoms with Crippen LogP contribution in [0.15, 0.2) is 18.5 Å². The number of urea groups is 1. The highest BCUT2D eigenvalue weighted by Gasteiger charge is 2.02. The van der Waals surface area contributed by atoms with Crippen LogP contribution in [0.25, 0.3) is 0 Å². The van der Waals surface area contributed by atoms with Gasteiger partial charge in [0.2, 0.25) is 0 Å². The highest BCUT2D eigenvalue weighted by atomic mass is 32.2. The lowest BCUT2D eigenvalue weighted by Crippen LogP contribution is -2.30. The Labute approximate surface area is 100 Å². The van der Waals surface area contributed by atoms with Crippen LogP contribution in [0.5, 0.6) is 0 Å². The van der Waals surface area contributed by atoms with Crippen LogP contribution in [0, 0.1) is 6.92 Å². The molecule has 0 saturated heterocycles. The van der Waals surface area contributed by atoms with E-state index in [-0.39, 0.29) is 6.03 Å². The summed E-state index contributed by atoms with van der Waals surface area (Å²) in [5.41, 5.74) is 1.76. The van der Waals surface area contributed by atoms with Gasteiger partial charge in [-0.15, -0.1) is 0 Å². The van der Waals surface area contributed by atoms with E-state index in [0.717, 1.165) is 23.4 Å². The Kier molecular flexibility index (Phi) is 5.71. The van der Waals surface area contributed by atoms with Crippen molar-refractivity contribution in [1.82, 2.24) is 10.3 Å². The van der Waals surface area contributed by atoms with E-state index in [4.69, 9.17) is 0 Å². The van der Waals surface area contributed by atoms with E-state index in [1.54, 1.807) is 30.2 Å². The van der Waals surface area contributed by atoms with E-state index in [1.807, 2.05) is 6.92 Å². The summed E-state index contributed by atoms with van der Waals surface area (Å²) >= 11 is 1.78. The maximum atomic E-state index is 11.5. The van der Waals surface area contributed by atoms with Crippen LogP contribution in [-0.4, -0.2) is 29.6 Å². The molecule has 2 N–H and O–H groups in total. The fourth-order valence-corrected chi connectivity index (χ4v) is 1.63. The number of rotatable bonds is 5. The SMILES string of the molecule is CSCCCNC(=O)Nc1ccncc1C. The first-order chi connectivity index (χ1) is 7.74. The van der Waals surface area contributed by atoms with Crippen molar-refractivity contribution in [2.24, 2.45) is 0 Å². The lowest BCUT2D eigenvalue weighted by Gasteiger charge is -2.08. The van der Waals surface area contributed by atoms with Gasteiger partial charge in [0.25, 0.3) is 0 Å². The maximum absolute atomic E-state index is 11.5. The summed E-state index contributed by atoms with van der Waals surface area (Å²) in [6.45, 7) is 2.62. The lowest BCUT2D eigenvalue weighted by atomic mass is 10.2. The molecule has 0 radical (unpaired) electrons. The number of aryl methyl sites for hydroxylation is 1. The average Bonchev–Trinajstić information content (AvgIpc) is 2.28. The number of hydrogen-bond acceptors (Lipinski definition) is 3. The molecular formula is C11H17N3OS. The molecule has 88 valence electrons. The molecule has 0 atom stereocenters. The lowest BCUT2D eigenvalue weighted by molar-refractivity contribution is 0.252. The van der Waals surface area contributed by atoms with Crippen molar-refractivity contribution >= 4 is 23.5 Å². The molecule has 2 amide bonds. The summed E-state index contributed by atoms with van der Waals surface area (Å²) in [5, 5.41) is 5.60. The Bertz CT molecular complexity index is 344. The highest BCUT2D eigenvalue weighted by molar-refractivity contribution is 7.98. The van der Waals surface area contributed by atoms with Gasteiger partial charge in [-0.1, -0.05) is 0 Å². The Morgan fingerprint density at radius 1 is 1.56 bits per heavy atom. The number of pyridine rings is 1. The van der Waals surface area contributed by atoms with Crippen LogP contribution >= 0.6 is 11.8 Å². The van der Waals surface area contributed by atoms with E-state index in [2.05, 4.69) is 21.9 Å². The quantitative estimate of drug-likeness (QED) is 0.775. The van der Waals surface area contributed by atoms with Crippen molar-refractivity contribution in [3.05, 3.63) is 24.0 Å². The van der Waals surface area contributed by atoms with E-state index >= 15 is 0 Å². The van der Waals surface area contributed by atoms with Gasteiger partial charge in [-0.25, -0.2) is 4.79 Å². The molecule has 0 aromatic carbocycles. The first-order valence-electron chi connectivity index (χ1n) is 5.18. The van der Waals surface area contributed by atoms with E-state index in [9.17, 15) is 4.79 Å². The second-order valence-electron chi connectivity index (χ2n) is 3.42. The van der Waals surface area contributed by atoms with Crippen molar-refractivity contribution in [1.29, 1.82) is 0 Å². The van der Waals surface area contributed by atoms with Crippen molar-refractivity contribution in [2.75, 3.05) is 23.9 Å². The zero-order valence-electron chi connectivity index (χ0n) is 9.62. The summed E-state index contributed by atoms with van der Waals surface area (Å²) in [6, 6.07) is 1.63. The fourth-order valence-electron chi connectivity index (χ4n) is 1.20. The molecule has 0 aliphatic carbocycles. The van der Waals surface area contributed by atoms with Crippen molar-refractivity contribution in [3.8, 4) is 0 Å². The number of carbonyl (C=O) groups is 1. The molecule has 0 aliphatic rings. The number of aromatic nitrogens is 1. The molecule has 1 aromatic heterocycles. The third-order valence-electron chi connectivity index (χ3n) is 2.08. The molecule has 1 rings (SSSR count). The monoisotopic (exact) mass is 239 g/mol. The average molecular weight is 239 g/mol. The molecule has 1 heterocycles. The number of hydrogen-bond donors (Lipinski definition) is 2. The predicted octanol–water partition coefficient (Wildman–Crippen LogP) is 2.26. The number of amides is 2. The third-order valence-corrected chi connectivity index (χ3v) is 2.78. The number of thioether (sulfide) groups is 1. The Balaban J connectivity index is 2.32. The van der Waals surface area contributed by atoms with Gasteiger partial charge >= 0.3 is 6.03 Å². The fraction of sp³-hybridized carbons (Fsp3) is 0.455. The van der Waals surface area contributed by atoms with Crippen LogP contribution in [0.4, 0.5) is 10.5 Å². The molecule has 5 heteroatoms. The largest absolute Gasteiger partial charge is 0.338 e. The van der Waals surface area contributed by atoms with E-state index < -0.39 is 0 Å². The molecule has 1 aromatic rings. The minimum atomic E-state index is -0.157. The van der Waals surface area contributed by atoms with E-state index in [0.29, 0.717) is 6.54 Å². The highest BCUT2D eigenvalue weighted by Crippen LogP contribution is 2.10. The standard InChI is InChI=1S/C11H17N3OS/c1-9-8-12-6-4-10(9)14-11(15)13-5-3-7-16-2/h4,6,8H,3,5,7H2,1-2H3,(H2,12,13,14,15). The molecule has 0 spiro atoms. The molecule has 16 heavy (non-hydrogen) atoms. The van der Waals surface area contributed by atoms with Crippen LogP contribution in [-0.2, 0) is 0 Å². The first kappa shape index (κ1) is 12.8. The van der Waals surface area contributed by atoms with Gasteiger partial charge in [-0.3, -0.25) is 4.98 Å². The van der Waals surface area contributed by atoms with Crippen molar-refractivity contribution < 1.29 is 4.79 Å². The number of anilines is 1. The number of nitrogens with zero attached hydrogens (tertiary/aromatic N) is 1. The molecule has 0 bridgehead atoms. The van der Waals surface area contributed by atoms with Gasteiger partial charge in [0, 0.05) is 24.6 Å². The topological polar surface area (TPSA) is 54.0 Å². The van der Waals surface area contributed by atoms with Gasteiger partial charge in [0.1, 0.15) is 0 Å². The minimum Gasteiger partial charge on any atom is -0.338 e. The molecule has 0 unspecified atom stereocenters. The zero-order valence-corrected chi connectivity index (χ0v) is 10.4. The third kappa shape index (κ3) is 4.53. The second-order valence-corrected chi connectivity index (χ2v) is 4.40. The maximum Gasteiger partial charge on any atom is 0.319 e. The van der Waals surface area contributed by atoms with Crippen LogP contribution in [0.3, 0.4) is 0 Å². The first-order valence-corrected chi connectivity index (χ1v) is 6.58. The normalized spacial score (nSPS) is 9.88. The second kappa shape index (κ2) is 7.11. The molecule has 0 fully saturated rings. The minimum absolute atomic E-state index is 0.157. The van der Waals surface area contributed by atoms with Crippen molar-refractivity contribution in [3.63, 3.8) is 0 Å². The molecule has 4 nitrogen and oxygen atoms in total. The molecule has 0 aliphatic heterocycles. The van der Waals surface area contributed by atoms with Crippen LogP contribution in [0.1, 0.15) is 12.0 Å². The van der Waals surface area contributed by atoms with Gasteiger partial charge in [-0.05, 0) is 37.0 Å². The molecule has 0 saturated carbocycles. The van der Waals surface area contributed by atoms with E-state index in [1.165, 1.54) is 0 Å². The zero-order chi connectivity index (χ0) is 11.8. The van der Waals surface area contributed by atoms with Gasteiger partial charge in [0.15, 0.2) is 0 Å².